The van der Waals surface area contributed by atoms with E-state index in [0.29, 0.717) is 36.0 Å². The van der Waals surface area contributed by atoms with Gasteiger partial charge in [-0.3, -0.25) is 9.59 Å². The first kappa shape index (κ1) is 20.3. The Morgan fingerprint density at radius 1 is 1.43 bits per heavy atom. The molecule has 0 aliphatic carbocycles. The minimum absolute atomic E-state index is 0.0862. The summed E-state index contributed by atoms with van der Waals surface area (Å²) in [5.41, 5.74) is 0.885. The summed E-state index contributed by atoms with van der Waals surface area (Å²) in [6, 6.07) is 1.94. The number of methoxy groups -OCH3 is 1. The van der Waals surface area contributed by atoms with Gasteiger partial charge in [0, 0.05) is 25.9 Å². The Hall–Kier alpha value is -2.48. The molecule has 28 heavy (non-hydrogen) atoms. The van der Waals surface area contributed by atoms with Crippen LogP contribution in [-0.2, 0) is 9.53 Å². The number of fused-ring (bicyclic) bond motifs is 1. The number of pyridine rings is 1. The molecule has 2 aromatic heterocycles. The number of rotatable bonds is 6. The smallest absolute Gasteiger partial charge is 0.313 e. The molecule has 0 bridgehead atoms. The number of aryl methyl sites for hydroxylation is 1. The molecule has 0 aromatic carbocycles. The number of nitrogens with zero attached hydrogens (tertiary/aromatic N) is 4. The molecule has 1 saturated heterocycles. The molecule has 2 unspecified atom stereocenters. The van der Waals surface area contributed by atoms with Crippen LogP contribution >= 0.6 is 0 Å². The van der Waals surface area contributed by atoms with Crippen molar-refractivity contribution < 1.29 is 19.4 Å². The first-order valence-corrected chi connectivity index (χ1v) is 9.69. The molecule has 8 heteroatoms. The van der Waals surface area contributed by atoms with Gasteiger partial charge in [0.25, 0.3) is 5.91 Å². The van der Waals surface area contributed by atoms with E-state index >= 15 is 0 Å². The SMILES string of the molecule is CCC(C)n1ncc2c(C(=O)N3CCCC(COC)(C(=O)O)C3)cc(C)nc21. The molecule has 1 fully saturated rings. The Labute approximate surface area is 164 Å². The predicted molar refractivity (Wildman–Crippen MR) is 104 cm³/mol. The number of carbonyl (C=O) groups excluding carboxylic acids is 1. The second kappa shape index (κ2) is 7.87. The average Bonchev–Trinajstić information content (AvgIpc) is 3.10. The molecular weight excluding hydrogens is 360 g/mol. The van der Waals surface area contributed by atoms with Gasteiger partial charge >= 0.3 is 5.97 Å². The lowest BCUT2D eigenvalue weighted by atomic mass is 9.80. The predicted octanol–water partition coefficient (Wildman–Crippen LogP) is 2.66. The third-order valence-electron chi connectivity index (χ3n) is 5.67. The number of aromatic nitrogens is 3. The summed E-state index contributed by atoms with van der Waals surface area (Å²) >= 11 is 0. The lowest BCUT2D eigenvalue weighted by Gasteiger charge is -2.39. The first-order valence-electron chi connectivity index (χ1n) is 9.69. The molecule has 2 aromatic rings. The fourth-order valence-corrected chi connectivity index (χ4v) is 3.92. The van der Waals surface area contributed by atoms with Gasteiger partial charge in [0.2, 0.25) is 0 Å². The van der Waals surface area contributed by atoms with Crippen LogP contribution in [0.15, 0.2) is 12.3 Å². The molecule has 1 aliphatic heterocycles. The van der Waals surface area contributed by atoms with Crippen LogP contribution in [0.1, 0.15) is 55.2 Å². The van der Waals surface area contributed by atoms with Gasteiger partial charge in [0.15, 0.2) is 5.65 Å². The highest BCUT2D eigenvalue weighted by Crippen LogP contribution is 2.32. The Balaban J connectivity index is 1.99. The van der Waals surface area contributed by atoms with E-state index in [1.54, 1.807) is 17.2 Å². The number of ether oxygens (including phenoxy) is 1. The van der Waals surface area contributed by atoms with E-state index in [0.717, 1.165) is 12.1 Å². The number of aliphatic carboxylic acids is 1. The summed E-state index contributed by atoms with van der Waals surface area (Å²) in [6.45, 7) is 6.75. The van der Waals surface area contributed by atoms with Gasteiger partial charge < -0.3 is 14.7 Å². The lowest BCUT2D eigenvalue weighted by molar-refractivity contribution is -0.155. The van der Waals surface area contributed by atoms with Crippen LogP contribution in [0.3, 0.4) is 0 Å². The van der Waals surface area contributed by atoms with Crippen LogP contribution in [0.2, 0.25) is 0 Å². The molecular formula is C20H28N4O4. The van der Waals surface area contributed by atoms with E-state index in [4.69, 9.17) is 4.74 Å². The minimum atomic E-state index is -1.06. The van der Waals surface area contributed by atoms with E-state index in [1.807, 2.05) is 11.6 Å². The molecule has 2 atom stereocenters. The van der Waals surface area contributed by atoms with E-state index in [1.165, 1.54) is 7.11 Å². The van der Waals surface area contributed by atoms with Crippen molar-refractivity contribution in [3.63, 3.8) is 0 Å². The maximum atomic E-state index is 13.4. The summed E-state index contributed by atoms with van der Waals surface area (Å²) < 4.78 is 7.02. The third-order valence-corrected chi connectivity index (χ3v) is 5.67. The molecule has 1 amide bonds. The molecule has 0 radical (unpaired) electrons. The molecule has 0 saturated carbocycles. The fraction of sp³-hybridized carbons (Fsp3) is 0.600. The van der Waals surface area contributed by atoms with E-state index in [-0.39, 0.29) is 25.1 Å². The normalized spacial score (nSPS) is 21.1. The zero-order valence-corrected chi connectivity index (χ0v) is 16.9. The maximum Gasteiger partial charge on any atom is 0.313 e. The topological polar surface area (TPSA) is 97.6 Å². The second-order valence-electron chi connectivity index (χ2n) is 7.74. The molecule has 0 spiro atoms. The summed E-state index contributed by atoms with van der Waals surface area (Å²) in [7, 11) is 1.49. The number of amides is 1. The number of hydrogen-bond donors (Lipinski definition) is 1. The van der Waals surface area contributed by atoms with Crippen LogP contribution in [0, 0.1) is 12.3 Å². The highest BCUT2D eigenvalue weighted by Gasteiger charge is 2.44. The van der Waals surface area contributed by atoms with Crippen molar-refractivity contribution in [1.29, 1.82) is 0 Å². The molecule has 1 N–H and O–H groups in total. The molecule has 3 heterocycles. The van der Waals surface area contributed by atoms with Gasteiger partial charge in [-0.1, -0.05) is 6.92 Å². The van der Waals surface area contributed by atoms with Crippen molar-refractivity contribution in [3.8, 4) is 0 Å². The van der Waals surface area contributed by atoms with Gasteiger partial charge in [-0.25, -0.2) is 9.67 Å². The number of likely N-dealkylation sites (tertiary alicyclic amines) is 1. The molecule has 3 rings (SSSR count). The quantitative estimate of drug-likeness (QED) is 0.817. The summed E-state index contributed by atoms with van der Waals surface area (Å²) in [4.78, 5) is 31.5. The zero-order valence-electron chi connectivity index (χ0n) is 16.9. The Morgan fingerprint density at radius 3 is 2.82 bits per heavy atom. The van der Waals surface area contributed by atoms with Crippen LogP contribution in [0.4, 0.5) is 0 Å². The lowest BCUT2D eigenvalue weighted by Crippen LogP contribution is -2.52. The standard InChI is InChI=1S/C20H28N4O4/c1-5-14(3)24-17-16(10-21-24)15(9-13(2)22-17)18(25)23-8-6-7-20(11-23,12-28-4)19(26)27/h9-10,14H,5-8,11-12H2,1-4H3,(H,26,27). The van der Waals surface area contributed by atoms with Crippen molar-refractivity contribution in [2.45, 2.75) is 46.1 Å². The molecule has 152 valence electrons. The van der Waals surface area contributed by atoms with Crippen molar-refractivity contribution >= 4 is 22.9 Å². The van der Waals surface area contributed by atoms with Gasteiger partial charge in [-0.2, -0.15) is 5.10 Å². The second-order valence-corrected chi connectivity index (χ2v) is 7.74. The number of piperidine rings is 1. The van der Waals surface area contributed by atoms with Crippen molar-refractivity contribution in [3.05, 3.63) is 23.5 Å². The van der Waals surface area contributed by atoms with Gasteiger partial charge in [-0.05, 0) is 39.2 Å². The van der Waals surface area contributed by atoms with Crippen molar-refractivity contribution in [1.82, 2.24) is 19.7 Å². The highest BCUT2D eigenvalue weighted by atomic mass is 16.5. The van der Waals surface area contributed by atoms with Crippen LogP contribution in [0.25, 0.3) is 11.0 Å². The highest BCUT2D eigenvalue weighted by molar-refractivity contribution is 6.05. The number of carboxylic acid groups (broad SMARTS) is 1. The van der Waals surface area contributed by atoms with Crippen LogP contribution in [0.5, 0.6) is 0 Å². The van der Waals surface area contributed by atoms with Crippen molar-refractivity contribution in [2.24, 2.45) is 5.41 Å². The maximum absolute atomic E-state index is 13.4. The summed E-state index contributed by atoms with van der Waals surface area (Å²) in [5.74, 6) is -1.10. The monoisotopic (exact) mass is 388 g/mol. The minimum Gasteiger partial charge on any atom is -0.481 e. The largest absolute Gasteiger partial charge is 0.481 e. The van der Waals surface area contributed by atoms with Gasteiger partial charge in [0.1, 0.15) is 5.41 Å². The fourth-order valence-electron chi connectivity index (χ4n) is 3.92. The van der Waals surface area contributed by atoms with Crippen LogP contribution < -0.4 is 0 Å². The summed E-state index contributed by atoms with van der Waals surface area (Å²) in [6.07, 6.45) is 3.71. The first-order chi connectivity index (χ1) is 13.3. The molecule has 8 nitrogen and oxygen atoms in total. The Morgan fingerprint density at radius 2 is 2.18 bits per heavy atom. The number of carbonyl (C=O) groups is 2. The van der Waals surface area contributed by atoms with Crippen molar-refractivity contribution in [2.75, 3.05) is 26.8 Å². The Kier molecular flexibility index (Phi) is 5.69. The van der Waals surface area contributed by atoms with E-state index in [2.05, 4.69) is 23.9 Å². The van der Waals surface area contributed by atoms with Crippen LogP contribution in [-0.4, -0.2) is 63.5 Å². The van der Waals surface area contributed by atoms with E-state index in [9.17, 15) is 14.7 Å². The number of hydrogen-bond acceptors (Lipinski definition) is 5. The average molecular weight is 388 g/mol. The van der Waals surface area contributed by atoms with Gasteiger partial charge in [0.05, 0.1) is 29.8 Å². The summed E-state index contributed by atoms with van der Waals surface area (Å²) in [5, 5.41) is 14.9. The molecule has 1 aliphatic rings. The van der Waals surface area contributed by atoms with E-state index < -0.39 is 11.4 Å². The Bertz CT molecular complexity index is 890. The zero-order chi connectivity index (χ0) is 20.5. The number of carboxylic acids is 1. The third kappa shape index (κ3) is 3.48. The van der Waals surface area contributed by atoms with Gasteiger partial charge in [-0.15, -0.1) is 0 Å².